The van der Waals surface area contributed by atoms with Crippen LogP contribution in [0.3, 0.4) is 0 Å². The van der Waals surface area contributed by atoms with Gasteiger partial charge in [0.15, 0.2) is 0 Å². The van der Waals surface area contributed by atoms with Gasteiger partial charge >= 0.3 is 0 Å². The quantitative estimate of drug-likeness (QED) is 0.736. The number of aryl methyl sites for hydroxylation is 3. The topological polar surface area (TPSA) is 59.8 Å². The van der Waals surface area contributed by atoms with Gasteiger partial charge in [-0.2, -0.15) is 5.10 Å². The molecule has 0 unspecified atom stereocenters. The van der Waals surface area contributed by atoms with Crippen LogP contribution in [-0.4, -0.2) is 20.7 Å². The number of carbonyl (C=O) groups is 1. The molecule has 130 valence electrons. The monoisotopic (exact) mass is 374 g/mol. The Hall–Kier alpha value is -2.18. The van der Waals surface area contributed by atoms with Crippen molar-refractivity contribution < 1.29 is 4.79 Å². The molecule has 0 spiro atoms. The molecule has 0 aliphatic carbocycles. The SMILES string of the molecule is Cc1csc(-n2nc(C)c(CC(=O)Nc3cc(Cl)ccc3C)c2C)n1. The van der Waals surface area contributed by atoms with E-state index in [-0.39, 0.29) is 12.3 Å². The van der Waals surface area contributed by atoms with E-state index in [1.54, 1.807) is 16.8 Å². The molecule has 3 aromatic rings. The third kappa shape index (κ3) is 3.75. The van der Waals surface area contributed by atoms with E-state index in [2.05, 4.69) is 15.4 Å². The van der Waals surface area contributed by atoms with E-state index in [4.69, 9.17) is 11.6 Å². The third-order valence-electron chi connectivity index (χ3n) is 4.04. The van der Waals surface area contributed by atoms with Crippen molar-refractivity contribution in [2.24, 2.45) is 0 Å². The molecule has 0 atom stereocenters. The Labute approximate surface area is 155 Å². The van der Waals surface area contributed by atoms with Crippen molar-refractivity contribution in [1.82, 2.24) is 14.8 Å². The Morgan fingerprint density at radius 3 is 2.72 bits per heavy atom. The molecule has 0 aliphatic rings. The smallest absolute Gasteiger partial charge is 0.228 e. The molecule has 5 nitrogen and oxygen atoms in total. The van der Waals surface area contributed by atoms with Crippen molar-refractivity contribution in [2.75, 3.05) is 5.32 Å². The molecule has 0 fully saturated rings. The summed E-state index contributed by atoms with van der Waals surface area (Å²) in [5.41, 5.74) is 5.36. The van der Waals surface area contributed by atoms with Crippen molar-refractivity contribution in [3.63, 3.8) is 0 Å². The van der Waals surface area contributed by atoms with Gasteiger partial charge in [0.25, 0.3) is 0 Å². The minimum atomic E-state index is -0.0913. The van der Waals surface area contributed by atoms with Crippen molar-refractivity contribution in [2.45, 2.75) is 34.1 Å². The van der Waals surface area contributed by atoms with Crippen LogP contribution in [0.25, 0.3) is 5.13 Å². The summed E-state index contributed by atoms with van der Waals surface area (Å²) in [6, 6.07) is 5.45. The van der Waals surface area contributed by atoms with Crippen LogP contribution in [0.1, 0.15) is 28.2 Å². The predicted molar refractivity (Wildman–Crippen MR) is 102 cm³/mol. The maximum absolute atomic E-state index is 12.5. The van der Waals surface area contributed by atoms with E-state index in [0.29, 0.717) is 5.02 Å². The number of thiazole rings is 1. The normalized spacial score (nSPS) is 10.9. The van der Waals surface area contributed by atoms with Gasteiger partial charge in [-0.05, 0) is 45.4 Å². The molecule has 0 bridgehead atoms. The third-order valence-corrected chi connectivity index (χ3v) is 5.21. The van der Waals surface area contributed by atoms with Gasteiger partial charge in [-0.25, -0.2) is 9.67 Å². The van der Waals surface area contributed by atoms with Crippen LogP contribution in [0.5, 0.6) is 0 Å². The summed E-state index contributed by atoms with van der Waals surface area (Å²) >= 11 is 7.55. The Balaban J connectivity index is 1.82. The molecule has 0 saturated carbocycles. The minimum absolute atomic E-state index is 0.0913. The molecule has 25 heavy (non-hydrogen) atoms. The number of halogens is 1. The van der Waals surface area contributed by atoms with Crippen molar-refractivity contribution in [1.29, 1.82) is 0 Å². The number of nitrogens with one attached hydrogen (secondary N) is 1. The summed E-state index contributed by atoms with van der Waals surface area (Å²) in [5, 5.41) is 10.9. The summed E-state index contributed by atoms with van der Waals surface area (Å²) in [7, 11) is 0. The van der Waals surface area contributed by atoms with E-state index < -0.39 is 0 Å². The number of amides is 1. The molecule has 0 saturated heterocycles. The van der Waals surface area contributed by atoms with Gasteiger partial charge in [-0.3, -0.25) is 4.79 Å². The van der Waals surface area contributed by atoms with Gasteiger partial charge in [-0.1, -0.05) is 17.7 Å². The summed E-state index contributed by atoms with van der Waals surface area (Å²) < 4.78 is 1.81. The van der Waals surface area contributed by atoms with Gasteiger partial charge in [-0.15, -0.1) is 11.3 Å². The van der Waals surface area contributed by atoms with Crippen LogP contribution in [0.2, 0.25) is 5.02 Å². The Morgan fingerprint density at radius 1 is 1.28 bits per heavy atom. The van der Waals surface area contributed by atoms with E-state index in [9.17, 15) is 4.79 Å². The molecule has 3 rings (SSSR count). The Kier molecular flexibility index (Phi) is 4.92. The zero-order chi connectivity index (χ0) is 18.1. The number of nitrogens with zero attached hydrogens (tertiary/aromatic N) is 3. The maximum Gasteiger partial charge on any atom is 0.228 e. The summed E-state index contributed by atoms with van der Waals surface area (Å²) in [6.07, 6.45) is 0.258. The van der Waals surface area contributed by atoms with Crippen molar-refractivity contribution >= 4 is 34.5 Å². The molecule has 1 N–H and O–H groups in total. The molecule has 7 heteroatoms. The molecular weight excluding hydrogens is 356 g/mol. The first kappa shape index (κ1) is 17.6. The van der Waals surface area contributed by atoms with Crippen LogP contribution in [-0.2, 0) is 11.2 Å². The molecule has 1 amide bonds. The summed E-state index contributed by atoms with van der Waals surface area (Å²) in [6.45, 7) is 7.76. The van der Waals surface area contributed by atoms with Crippen molar-refractivity contribution in [3.05, 3.63) is 56.8 Å². The number of carbonyl (C=O) groups excluding carboxylic acids is 1. The van der Waals surface area contributed by atoms with Crippen LogP contribution in [0, 0.1) is 27.7 Å². The van der Waals surface area contributed by atoms with Crippen molar-refractivity contribution in [3.8, 4) is 5.13 Å². The lowest BCUT2D eigenvalue weighted by Gasteiger charge is -2.09. The van der Waals surface area contributed by atoms with Gasteiger partial charge in [0.2, 0.25) is 11.0 Å². The maximum atomic E-state index is 12.5. The van der Waals surface area contributed by atoms with Crippen LogP contribution in [0.15, 0.2) is 23.6 Å². The lowest BCUT2D eigenvalue weighted by Crippen LogP contribution is -2.16. The lowest BCUT2D eigenvalue weighted by atomic mass is 10.1. The highest BCUT2D eigenvalue weighted by atomic mass is 35.5. The fourth-order valence-corrected chi connectivity index (χ4v) is 3.61. The second-order valence-electron chi connectivity index (χ2n) is 6.02. The highest BCUT2D eigenvalue weighted by molar-refractivity contribution is 7.12. The average Bonchev–Trinajstić information content (AvgIpc) is 3.09. The lowest BCUT2D eigenvalue weighted by molar-refractivity contribution is -0.115. The summed E-state index contributed by atoms with van der Waals surface area (Å²) in [4.78, 5) is 17.0. The van der Waals surface area contributed by atoms with E-state index in [1.165, 1.54) is 11.3 Å². The van der Waals surface area contributed by atoms with E-state index in [0.717, 1.165) is 39.0 Å². The first-order chi connectivity index (χ1) is 11.8. The molecule has 0 radical (unpaired) electrons. The van der Waals surface area contributed by atoms with Crippen LogP contribution < -0.4 is 5.32 Å². The largest absolute Gasteiger partial charge is 0.326 e. The number of hydrogen-bond acceptors (Lipinski definition) is 4. The average molecular weight is 375 g/mol. The first-order valence-corrected chi connectivity index (χ1v) is 9.14. The highest BCUT2D eigenvalue weighted by Crippen LogP contribution is 2.23. The zero-order valence-electron chi connectivity index (χ0n) is 14.6. The molecule has 2 aromatic heterocycles. The zero-order valence-corrected chi connectivity index (χ0v) is 16.1. The predicted octanol–water partition coefficient (Wildman–Crippen LogP) is 4.40. The van der Waals surface area contributed by atoms with Gasteiger partial charge < -0.3 is 5.32 Å². The number of rotatable bonds is 4. The van der Waals surface area contributed by atoms with E-state index >= 15 is 0 Å². The second-order valence-corrected chi connectivity index (χ2v) is 7.29. The number of aromatic nitrogens is 3. The Morgan fingerprint density at radius 2 is 2.04 bits per heavy atom. The molecular formula is C18H19ClN4OS. The van der Waals surface area contributed by atoms with Gasteiger partial charge in [0.05, 0.1) is 17.8 Å². The highest BCUT2D eigenvalue weighted by Gasteiger charge is 2.18. The fourth-order valence-electron chi connectivity index (χ4n) is 2.64. The van der Waals surface area contributed by atoms with Crippen LogP contribution >= 0.6 is 22.9 Å². The van der Waals surface area contributed by atoms with Gasteiger partial charge in [0.1, 0.15) is 0 Å². The Bertz CT molecular complexity index is 945. The van der Waals surface area contributed by atoms with E-state index in [1.807, 2.05) is 39.1 Å². The van der Waals surface area contributed by atoms with Gasteiger partial charge in [0, 0.05) is 27.3 Å². The number of anilines is 1. The molecule has 0 aliphatic heterocycles. The molecule has 2 heterocycles. The summed E-state index contributed by atoms with van der Waals surface area (Å²) in [5.74, 6) is -0.0913. The second kappa shape index (κ2) is 6.98. The van der Waals surface area contributed by atoms with Crippen LogP contribution in [0.4, 0.5) is 5.69 Å². The first-order valence-electron chi connectivity index (χ1n) is 7.88. The number of hydrogen-bond donors (Lipinski definition) is 1. The number of benzene rings is 1. The standard InChI is InChI=1S/C18H19ClN4OS/c1-10-5-6-14(19)7-16(10)21-17(24)8-15-12(3)22-23(13(15)4)18-20-11(2)9-25-18/h5-7,9H,8H2,1-4H3,(H,21,24). The fraction of sp³-hybridized carbons (Fsp3) is 0.278. The molecule has 1 aromatic carbocycles. The minimum Gasteiger partial charge on any atom is -0.326 e.